The molecule has 2 aromatic rings. The van der Waals surface area contributed by atoms with Crippen LogP contribution < -0.4 is 10.6 Å². The summed E-state index contributed by atoms with van der Waals surface area (Å²) in [5.74, 6) is -0.498. The van der Waals surface area contributed by atoms with Gasteiger partial charge in [-0.05, 0) is 42.5 Å². The average Bonchev–Trinajstić information content (AvgIpc) is 2.53. The summed E-state index contributed by atoms with van der Waals surface area (Å²) >= 11 is 0. The zero-order valence-corrected chi connectivity index (χ0v) is 16.0. The Morgan fingerprint density at radius 1 is 0.885 bits per heavy atom. The molecule has 26 heavy (non-hydrogen) atoms. The van der Waals surface area contributed by atoms with Crippen LogP contribution in [0.2, 0.25) is 0 Å². The zero-order valence-electron chi connectivity index (χ0n) is 15.2. The fourth-order valence-corrected chi connectivity index (χ4v) is 2.68. The minimum atomic E-state index is -3.31. The first-order valence-electron chi connectivity index (χ1n) is 8.00. The van der Waals surface area contributed by atoms with E-state index in [2.05, 4.69) is 10.6 Å². The quantitative estimate of drug-likeness (QED) is 0.858. The zero-order chi connectivity index (χ0) is 19.5. The van der Waals surface area contributed by atoms with E-state index < -0.39 is 15.3 Å². The van der Waals surface area contributed by atoms with Crippen molar-refractivity contribution in [3.8, 4) is 0 Å². The highest BCUT2D eigenvalue weighted by atomic mass is 32.2. The van der Waals surface area contributed by atoms with E-state index in [0.29, 0.717) is 16.9 Å². The number of carbonyl (C=O) groups is 2. The van der Waals surface area contributed by atoms with Gasteiger partial charge in [0.25, 0.3) is 5.91 Å². The van der Waals surface area contributed by atoms with Gasteiger partial charge >= 0.3 is 0 Å². The predicted molar refractivity (Wildman–Crippen MR) is 102 cm³/mol. The predicted octanol–water partition coefficient (Wildman–Crippen LogP) is 3.33. The smallest absolute Gasteiger partial charge is 0.255 e. The molecule has 0 fully saturated rings. The number of nitrogens with one attached hydrogen (secondary N) is 2. The molecule has 0 atom stereocenters. The number of rotatable bonds is 4. The van der Waals surface area contributed by atoms with E-state index >= 15 is 0 Å². The molecule has 0 spiro atoms. The van der Waals surface area contributed by atoms with E-state index in [4.69, 9.17) is 0 Å². The summed E-state index contributed by atoms with van der Waals surface area (Å²) in [4.78, 5) is 24.5. The molecule has 0 aliphatic rings. The van der Waals surface area contributed by atoms with E-state index in [0.717, 1.165) is 6.26 Å². The van der Waals surface area contributed by atoms with Crippen LogP contribution in [0.25, 0.3) is 0 Å². The Bertz CT molecular complexity index is 927. The van der Waals surface area contributed by atoms with Crippen LogP contribution >= 0.6 is 0 Å². The fraction of sp³-hybridized carbons (Fsp3) is 0.263. The van der Waals surface area contributed by atoms with Crippen LogP contribution in [0.4, 0.5) is 11.4 Å². The molecule has 2 N–H and O–H groups in total. The standard InChI is InChI=1S/C19H22N2O4S/c1-19(2,3)18(23)21-15-7-5-6-14(12-15)20-17(22)13-8-10-16(11-9-13)26(4,24)25/h5-12H,1-4H3,(H,20,22)(H,21,23). The van der Waals surface area contributed by atoms with Crippen LogP contribution in [0.5, 0.6) is 0 Å². The lowest BCUT2D eigenvalue weighted by Crippen LogP contribution is -2.27. The number of amides is 2. The fourth-order valence-electron chi connectivity index (χ4n) is 2.05. The lowest BCUT2D eigenvalue weighted by Gasteiger charge is -2.18. The Hall–Kier alpha value is -2.67. The summed E-state index contributed by atoms with van der Waals surface area (Å²) < 4.78 is 22.9. The Kier molecular flexibility index (Phi) is 5.51. The van der Waals surface area contributed by atoms with Gasteiger partial charge in [0, 0.05) is 28.6 Å². The van der Waals surface area contributed by atoms with Gasteiger partial charge in [-0.3, -0.25) is 9.59 Å². The van der Waals surface area contributed by atoms with Crippen molar-refractivity contribution in [1.82, 2.24) is 0 Å². The number of benzene rings is 2. The molecule has 0 aromatic heterocycles. The summed E-state index contributed by atoms with van der Waals surface area (Å²) in [6.07, 6.45) is 1.11. The monoisotopic (exact) mass is 374 g/mol. The maximum Gasteiger partial charge on any atom is 0.255 e. The number of sulfone groups is 1. The van der Waals surface area contributed by atoms with Gasteiger partial charge in [0.2, 0.25) is 5.91 Å². The Labute approximate surface area is 153 Å². The summed E-state index contributed by atoms with van der Waals surface area (Å²) in [5, 5.41) is 5.53. The highest BCUT2D eigenvalue weighted by Crippen LogP contribution is 2.20. The third kappa shape index (κ3) is 5.16. The first-order valence-corrected chi connectivity index (χ1v) is 9.89. The summed E-state index contributed by atoms with van der Waals surface area (Å²) in [5.41, 5.74) is 0.909. The first-order chi connectivity index (χ1) is 12.0. The number of anilines is 2. The van der Waals surface area contributed by atoms with E-state index in [9.17, 15) is 18.0 Å². The Balaban J connectivity index is 2.12. The van der Waals surface area contributed by atoms with Gasteiger partial charge in [-0.1, -0.05) is 26.8 Å². The molecular weight excluding hydrogens is 352 g/mol. The Morgan fingerprint density at radius 2 is 1.42 bits per heavy atom. The van der Waals surface area contributed by atoms with Gasteiger partial charge in [-0.25, -0.2) is 8.42 Å². The van der Waals surface area contributed by atoms with Crippen molar-refractivity contribution in [3.63, 3.8) is 0 Å². The third-order valence-corrected chi connectivity index (χ3v) is 4.73. The SMILES string of the molecule is CC(C)(C)C(=O)Nc1cccc(NC(=O)c2ccc(S(C)(=O)=O)cc2)c1. The molecule has 0 aliphatic heterocycles. The van der Waals surface area contributed by atoms with Crippen LogP contribution in [-0.2, 0) is 14.6 Å². The minimum absolute atomic E-state index is 0.127. The lowest BCUT2D eigenvalue weighted by atomic mass is 9.95. The normalized spacial score (nSPS) is 11.7. The van der Waals surface area contributed by atoms with Gasteiger partial charge < -0.3 is 10.6 Å². The molecule has 2 aromatic carbocycles. The molecule has 0 radical (unpaired) electrons. The molecular formula is C19H22N2O4S. The molecule has 6 nitrogen and oxygen atoms in total. The third-order valence-electron chi connectivity index (χ3n) is 3.60. The molecule has 0 heterocycles. The number of hydrogen-bond acceptors (Lipinski definition) is 4. The summed E-state index contributed by atoms with van der Waals surface area (Å²) in [7, 11) is -3.31. The molecule has 138 valence electrons. The molecule has 0 aliphatic carbocycles. The van der Waals surface area contributed by atoms with Crippen molar-refractivity contribution >= 4 is 33.0 Å². The van der Waals surface area contributed by atoms with Gasteiger partial charge in [0.15, 0.2) is 9.84 Å². The van der Waals surface area contributed by atoms with Crippen molar-refractivity contribution in [3.05, 3.63) is 54.1 Å². The number of hydrogen-bond donors (Lipinski definition) is 2. The molecule has 0 bridgehead atoms. The molecule has 7 heteroatoms. The maximum absolute atomic E-state index is 12.3. The highest BCUT2D eigenvalue weighted by molar-refractivity contribution is 7.90. The Morgan fingerprint density at radius 3 is 1.92 bits per heavy atom. The van der Waals surface area contributed by atoms with Crippen LogP contribution in [-0.4, -0.2) is 26.5 Å². The lowest BCUT2D eigenvalue weighted by molar-refractivity contribution is -0.123. The van der Waals surface area contributed by atoms with Crippen molar-refractivity contribution in [2.75, 3.05) is 16.9 Å². The van der Waals surface area contributed by atoms with Crippen LogP contribution in [0.15, 0.2) is 53.4 Å². The van der Waals surface area contributed by atoms with Crippen molar-refractivity contribution in [2.24, 2.45) is 5.41 Å². The minimum Gasteiger partial charge on any atom is -0.326 e. The molecule has 2 amide bonds. The van der Waals surface area contributed by atoms with E-state index in [1.807, 2.05) is 20.8 Å². The summed E-state index contributed by atoms with van der Waals surface area (Å²) in [6.45, 7) is 5.44. The van der Waals surface area contributed by atoms with E-state index in [-0.39, 0.29) is 16.7 Å². The van der Waals surface area contributed by atoms with Crippen LogP contribution in [0.3, 0.4) is 0 Å². The molecule has 0 saturated carbocycles. The van der Waals surface area contributed by atoms with Gasteiger partial charge in [-0.2, -0.15) is 0 Å². The molecule has 0 unspecified atom stereocenters. The largest absolute Gasteiger partial charge is 0.326 e. The first kappa shape index (κ1) is 19.7. The number of carbonyl (C=O) groups excluding carboxylic acids is 2. The topological polar surface area (TPSA) is 92.3 Å². The second-order valence-corrected chi connectivity index (χ2v) is 9.05. The average molecular weight is 374 g/mol. The maximum atomic E-state index is 12.3. The van der Waals surface area contributed by atoms with E-state index in [1.165, 1.54) is 24.3 Å². The second kappa shape index (κ2) is 7.29. The van der Waals surface area contributed by atoms with E-state index in [1.54, 1.807) is 24.3 Å². The summed E-state index contributed by atoms with van der Waals surface area (Å²) in [6, 6.07) is 12.5. The van der Waals surface area contributed by atoms with Crippen molar-refractivity contribution in [1.29, 1.82) is 0 Å². The van der Waals surface area contributed by atoms with Gasteiger partial charge in [0.05, 0.1) is 4.90 Å². The van der Waals surface area contributed by atoms with Crippen LogP contribution in [0, 0.1) is 5.41 Å². The van der Waals surface area contributed by atoms with Crippen molar-refractivity contribution < 1.29 is 18.0 Å². The van der Waals surface area contributed by atoms with Crippen LogP contribution in [0.1, 0.15) is 31.1 Å². The second-order valence-electron chi connectivity index (χ2n) is 7.04. The van der Waals surface area contributed by atoms with Gasteiger partial charge in [0.1, 0.15) is 0 Å². The highest BCUT2D eigenvalue weighted by Gasteiger charge is 2.21. The molecule has 2 rings (SSSR count). The van der Waals surface area contributed by atoms with Crippen molar-refractivity contribution in [2.45, 2.75) is 25.7 Å². The molecule has 0 saturated heterocycles. The van der Waals surface area contributed by atoms with Gasteiger partial charge in [-0.15, -0.1) is 0 Å².